The molecule has 1 saturated heterocycles. The molecule has 3 rings (SSSR count). The van der Waals surface area contributed by atoms with Gasteiger partial charge in [-0.25, -0.2) is 4.79 Å². The molecule has 3 nitrogen and oxygen atoms in total. The predicted molar refractivity (Wildman–Crippen MR) is 56.6 cm³/mol. The predicted octanol–water partition coefficient (Wildman–Crippen LogP) is 2.26. The van der Waals surface area contributed by atoms with Crippen LogP contribution in [0.15, 0.2) is 24.3 Å². The van der Waals surface area contributed by atoms with Crippen LogP contribution in [0, 0.1) is 11.8 Å². The number of amides is 1. The van der Waals surface area contributed by atoms with E-state index < -0.39 is 6.09 Å². The van der Waals surface area contributed by atoms with E-state index in [-0.39, 0.29) is 6.04 Å². The standard InChI is InChI=1S/C12H15NO2/c14-12(15)13-10-4-2-1-3-8(10)7-9-5-6-11(9)13/h1-4,8-11H,5-7H2,(H,14,15). The van der Waals surface area contributed by atoms with Gasteiger partial charge < -0.3 is 5.11 Å². The van der Waals surface area contributed by atoms with Gasteiger partial charge in [-0.1, -0.05) is 24.3 Å². The number of piperidine rings is 1. The molecule has 80 valence electrons. The zero-order valence-electron chi connectivity index (χ0n) is 8.54. The molecule has 1 amide bonds. The van der Waals surface area contributed by atoms with E-state index in [1.165, 1.54) is 12.8 Å². The Balaban J connectivity index is 1.91. The largest absolute Gasteiger partial charge is 0.465 e. The number of nitrogens with zero attached hydrogens (tertiary/aromatic N) is 1. The van der Waals surface area contributed by atoms with Crippen LogP contribution in [0.25, 0.3) is 0 Å². The summed E-state index contributed by atoms with van der Waals surface area (Å²) >= 11 is 0. The highest BCUT2D eigenvalue weighted by Crippen LogP contribution is 2.45. The third-order valence-electron chi connectivity index (χ3n) is 4.07. The molecular weight excluding hydrogens is 190 g/mol. The van der Waals surface area contributed by atoms with Crippen LogP contribution in [0.1, 0.15) is 19.3 Å². The maximum absolute atomic E-state index is 11.3. The third-order valence-corrected chi connectivity index (χ3v) is 4.07. The van der Waals surface area contributed by atoms with Gasteiger partial charge >= 0.3 is 6.09 Å². The maximum atomic E-state index is 11.3. The lowest BCUT2D eigenvalue weighted by Crippen LogP contribution is -2.60. The molecule has 15 heavy (non-hydrogen) atoms. The summed E-state index contributed by atoms with van der Waals surface area (Å²) in [7, 11) is 0. The fourth-order valence-corrected chi connectivity index (χ4v) is 3.19. The Morgan fingerprint density at radius 3 is 2.73 bits per heavy atom. The van der Waals surface area contributed by atoms with Gasteiger partial charge in [-0.15, -0.1) is 0 Å². The van der Waals surface area contributed by atoms with Gasteiger partial charge in [-0.2, -0.15) is 0 Å². The summed E-state index contributed by atoms with van der Waals surface area (Å²) in [4.78, 5) is 12.9. The Morgan fingerprint density at radius 1 is 1.27 bits per heavy atom. The number of allylic oxidation sites excluding steroid dienone is 2. The van der Waals surface area contributed by atoms with Crippen molar-refractivity contribution >= 4 is 6.09 Å². The highest BCUT2D eigenvalue weighted by molar-refractivity contribution is 5.67. The van der Waals surface area contributed by atoms with Crippen molar-refractivity contribution < 1.29 is 9.90 Å². The average molecular weight is 205 g/mol. The van der Waals surface area contributed by atoms with Crippen molar-refractivity contribution in [2.75, 3.05) is 0 Å². The minimum Gasteiger partial charge on any atom is -0.465 e. The molecule has 1 aliphatic heterocycles. The summed E-state index contributed by atoms with van der Waals surface area (Å²) < 4.78 is 0. The van der Waals surface area contributed by atoms with Gasteiger partial charge in [0.15, 0.2) is 0 Å². The topological polar surface area (TPSA) is 40.5 Å². The second-order valence-electron chi connectivity index (χ2n) is 4.75. The minimum absolute atomic E-state index is 0.0917. The third kappa shape index (κ3) is 1.22. The molecule has 2 fully saturated rings. The van der Waals surface area contributed by atoms with E-state index in [4.69, 9.17) is 0 Å². The second kappa shape index (κ2) is 3.12. The van der Waals surface area contributed by atoms with Crippen LogP contribution in [0.3, 0.4) is 0 Å². The van der Waals surface area contributed by atoms with Crippen LogP contribution in [0.5, 0.6) is 0 Å². The van der Waals surface area contributed by atoms with E-state index in [1.807, 2.05) is 18.2 Å². The molecule has 4 atom stereocenters. The van der Waals surface area contributed by atoms with Crippen LogP contribution >= 0.6 is 0 Å². The van der Waals surface area contributed by atoms with Crippen LogP contribution in [0.2, 0.25) is 0 Å². The number of rotatable bonds is 0. The summed E-state index contributed by atoms with van der Waals surface area (Å²) in [5, 5.41) is 9.27. The fraction of sp³-hybridized carbons (Fsp3) is 0.583. The van der Waals surface area contributed by atoms with E-state index in [9.17, 15) is 9.90 Å². The van der Waals surface area contributed by atoms with Crippen molar-refractivity contribution in [3.8, 4) is 0 Å². The van der Waals surface area contributed by atoms with E-state index >= 15 is 0 Å². The lowest BCUT2D eigenvalue weighted by Gasteiger charge is -2.53. The first-order chi connectivity index (χ1) is 7.27. The van der Waals surface area contributed by atoms with Gasteiger partial charge in [-0.3, -0.25) is 4.90 Å². The first-order valence-electron chi connectivity index (χ1n) is 5.63. The molecule has 3 heteroatoms. The molecule has 2 aliphatic carbocycles. The first-order valence-corrected chi connectivity index (χ1v) is 5.63. The Morgan fingerprint density at radius 2 is 2.07 bits per heavy atom. The number of carbonyl (C=O) groups is 1. The second-order valence-corrected chi connectivity index (χ2v) is 4.75. The van der Waals surface area contributed by atoms with Crippen LogP contribution in [-0.4, -0.2) is 28.2 Å². The van der Waals surface area contributed by atoms with Crippen LogP contribution in [-0.2, 0) is 0 Å². The average Bonchev–Trinajstić information content (AvgIpc) is 2.20. The molecule has 0 radical (unpaired) electrons. The molecule has 1 heterocycles. The number of carboxylic acid groups (broad SMARTS) is 1. The monoisotopic (exact) mass is 205 g/mol. The summed E-state index contributed by atoms with van der Waals surface area (Å²) in [6.07, 6.45) is 10.9. The molecule has 4 unspecified atom stereocenters. The highest BCUT2D eigenvalue weighted by Gasteiger charge is 2.47. The van der Waals surface area contributed by atoms with E-state index in [2.05, 4.69) is 6.08 Å². The Hall–Kier alpha value is -1.25. The summed E-state index contributed by atoms with van der Waals surface area (Å²) in [6.45, 7) is 0. The Kier molecular flexibility index (Phi) is 1.87. The molecular formula is C12H15NO2. The lowest BCUT2D eigenvalue weighted by molar-refractivity contribution is -0.0126. The molecule has 0 bridgehead atoms. The van der Waals surface area contributed by atoms with Gasteiger partial charge in [0, 0.05) is 12.0 Å². The molecule has 1 saturated carbocycles. The first kappa shape index (κ1) is 9.01. The zero-order valence-corrected chi connectivity index (χ0v) is 8.54. The van der Waals surface area contributed by atoms with Crippen molar-refractivity contribution in [3.63, 3.8) is 0 Å². The van der Waals surface area contributed by atoms with E-state index in [1.54, 1.807) is 4.90 Å². The van der Waals surface area contributed by atoms with Crippen molar-refractivity contribution in [1.82, 2.24) is 4.90 Å². The SMILES string of the molecule is O=C(O)N1C2C=CC=CC2CC2CCC21. The maximum Gasteiger partial charge on any atom is 0.408 e. The van der Waals surface area contributed by atoms with Crippen molar-refractivity contribution in [1.29, 1.82) is 0 Å². The Bertz CT molecular complexity index is 348. The summed E-state index contributed by atoms with van der Waals surface area (Å²) in [6, 6.07) is 0.383. The van der Waals surface area contributed by atoms with E-state index in [0.717, 1.165) is 6.42 Å². The number of likely N-dealkylation sites (tertiary alicyclic amines) is 1. The smallest absolute Gasteiger partial charge is 0.408 e. The van der Waals surface area contributed by atoms with Crippen LogP contribution in [0.4, 0.5) is 4.79 Å². The van der Waals surface area contributed by atoms with Gasteiger partial charge in [0.05, 0.1) is 6.04 Å². The molecule has 0 aromatic heterocycles. The lowest BCUT2D eigenvalue weighted by atomic mass is 9.67. The molecule has 0 spiro atoms. The van der Waals surface area contributed by atoms with E-state index in [0.29, 0.717) is 17.9 Å². The normalized spacial score (nSPS) is 41.7. The van der Waals surface area contributed by atoms with Crippen molar-refractivity contribution in [2.24, 2.45) is 11.8 Å². The zero-order chi connectivity index (χ0) is 10.4. The highest BCUT2D eigenvalue weighted by atomic mass is 16.4. The number of fused-ring (bicyclic) bond motifs is 2. The molecule has 0 aromatic carbocycles. The summed E-state index contributed by atoms with van der Waals surface area (Å²) in [5.41, 5.74) is 0. The quantitative estimate of drug-likeness (QED) is 0.659. The van der Waals surface area contributed by atoms with Gasteiger partial charge in [0.25, 0.3) is 0 Å². The fourth-order valence-electron chi connectivity index (χ4n) is 3.19. The molecule has 0 aromatic rings. The Labute approximate surface area is 89.1 Å². The van der Waals surface area contributed by atoms with Crippen LogP contribution < -0.4 is 0 Å². The van der Waals surface area contributed by atoms with Gasteiger partial charge in [0.2, 0.25) is 0 Å². The van der Waals surface area contributed by atoms with Crippen molar-refractivity contribution in [2.45, 2.75) is 31.3 Å². The molecule has 3 aliphatic rings. The number of hydrogen-bond acceptors (Lipinski definition) is 1. The van der Waals surface area contributed by atoms with Crippen molar-refractivity contribution in [3.05, 3.63) is 24.3 Å². The van der Waals surface area contributed by atoms with Gasteiger partial charge in [0.1, 0.15) is 0 Å². The number of hydrogen-bond donors (Lipinski definition) is 1. The van der Waals surface area contributed by atoms with Gasteiger partial charge in [-0.05, 0) is 25.2 Å². The molecule has 1 N–H and O–H groups in total. The minimum atomic E-state index is -0.751. The summed E-state index contributed by atoms with van der Waals surface area (Å²) in [5.74, 6) is 1.02.